The zero-order valence-electron chi connectivity index (χ0n) is 10.8. The molecule has 0 radical (unpaired) electrons. The molecule has 7 nitrogen and oxygen atoms in total. The monoisotopic (exact) mass is 309 g/mol. The quantitative estimate of drug-likeness (QED) is 0.706. The maximum Gasteiger partial charge on any atom is 0.335 e. The van der Waals surface area contributed by atoms with Crippen LogP contribution in [0.3, 0.4) is 0 Å². The number of benzene rings is 1. The van der Waals surface area contributed by atoms with Gasteiger partial charge in [-0.25, -0.2) is 9.36 Å². The average Bonchev–Trinajstić information content (AvgIpc) is 2.44. The Morgan fingerprint density at radius 2 is 1.95 bits per heavy atom. The third-order valence-electron chi connectivity index (χ3n) is 2.66. The van der Waals surface area contributed by atoms with Crippen LogP contribution in [0.1, 0.15) is 5.56 Å². The van der Waals surface area contributed by atoms with Gasteiger partial charge in [0.15, 0.2) is 0 Å². The number of rotatable bonds is 4. The average molecular weight is 310 g/mol. The summed E-state index contributed by atoms with van der Waals surface area (Å²) < 4.78 is 0.929. The Kier molecular flexibility index (Phi) is 4.56. The van der Waals surface area contributed by atoms with E-state index in [1.165, 1.54) is 12.1 Å². The van der Waals surface area contributed by atoms with Crippen LogP contribution >= 0.6 is 11.6 Å². The summed E-state index contributed by atoms with van der Waals surface area (Å²) in [4.78, 5) is 29.4. The topological polar surface area (TPSA) is 108 Å². The van der Waals surface area contributed by atoms with Gasteiger partial charge in [0.25, 0.3) is 5.56 Å². The number of H-pyrrole nitrogens is 1. The molecular formula is C13H12ClN3O4. The Labute approximate surface area is 123 Å². The molecule has 0 aliphatic carbocycles. The largest absolute Gasteiger partial charge is 0.493 e. The molecule has 1 heterocycles. The first-order valence-corrected chi connectivity index (χ1v) is 6.37. The molecule has 1 aromatic heterocycles. The highest BCUT2D eigenvalue weighted by Crippen LogP contribution is 2.17. The Morgan fingerprint density at radius 3 is 2.57 bits per heavy atom. The number of nitrogens with zero attached hydrogens (tertiary/aromatic N) is 2. The van der Waals surface area contributed by atoms with Crippen LogP contribution in [0.5, 0.6) is 5.88 Å². The SMILES string of the molecule is O=c1[nH]c(=O)n(-c2ccc(Cl)cc2)c(O)c1C=NCCO. The minimum absolute atomic E-state index is 0.0823. The number of hydrogen-bond donors (Lipinski definition) is 3. The molecule has 0 saturated heterocycles. The second-order valence-electron chi connectivity index (χ2n) is 4.07. The molecule has 0 fully saturated rings. The zero-order chi connectivity index (χ0) is 15.4. The summed E-state index contributed by atoms with van der Waals surface area (Å²) in [7, 11) is 0. The van der Waals surface area contributed by atoms with E-state index in [-0.39, 0.29) is 18.7 Å². The zero-order valence-corrected chi connectivity index (χ0v) is 11.5. The maximum atomic E-state index is 11.9. The molecule has 3 N–H and O–H groups in total. The van der Waals surface area contributed by atoms with Gasteiger partial charge in [-0.3, -0.25) is 14.8 Å². The van der Waals surface area contributed by atoms with Crippen LogP contribution in [0, 0.1) is 0 Å². The van der Waals surface area contributed by atoms with Crippen LogP contribution in [0.2, 0.25) is 5.02 Å². The minimum Gasteiger partial charge on any atom is -0.493 e. The predicted molar refractivity (Wildman–Crippen MR) is 78.9 cm³/mol. The lowest BCUT2D eigenvalue weighted by molar-refractivity contribution is 0.307. The minimum atomic E-state index is -0.779. The van der Waals surface area contributed by atoms with Crippen LogP contribution in [0.15, 0.2) is 38.8 Å². The van der Waals surface area contributed by atoms with Crippen LogP contribution in [-0.4, -0.2) is 39.1 Å². The van der Waals surface area contributed by atoms with Gasteiger partial charge in [0, 0.05) is 11.2 Å². The summed E-state index contributed by atoms with van der Waals surface area (Å²) >= 11 is 5.77. The number of aliphatic hydroxyl groups is 1. The normalized spacial score (nSPS) is 11.1. The van der Waals surface area contributed by atoms with Gasteiger partial charge in [0.05, 0.1) is 18.8 Å². The smallest absolute Gasteiger partial charge is 0.335 e. The van der Waals surface area contributed by atoms with Gasteiger partial charge in [0.1, 0.15) is 5.56 Å². The van der Waals surface area contributed by atoms with E-state index in [0.29, 0.717) is 10.7 Å². The van der Waals surface area contributed by atoms with E-state index in [9.17, 15) is 14.7 Å². The van der Waals surface area contributed by atoms with Crippen molar-refractivity contribution in [3.63, 3.8) is 0 Å². The first kappa shape index (κ1) is 15.0. The number of hydrogen-bond acceptors (Lipinski definition) is 5. The molecule has 110 valence electrons. The molecule has 0 spiro atoms. The van der Waals surface area contributed by atoms with E-state index in [0.717, 1.165) is 10.8 Å². The van der Waals surface area contributed by atoms with Crippen molar-refractivity contribution in [2.75, 3.05) is 13.2 Å². The van der Waals surface area contributed by atoms with Gasteiger partial charge in [0.2, 0.25) is 5.88 Å². The number of halogens is 1. The van der Waals surface area contributed by atoms with E-state index < -0.39 is 17.1 Å². The van der Waals surface area contributed by atoms with Crippen molar-refractivity contribution in [2.45, 2.75) is 0 Å². The van der Waals surface area contributed by atoms with E-state index >= 15 is 0 Å². The number of aromatic hydroxyl groups is 1. The van der Waals surface area contributed by atoms with Crippen molar-refractivity contribution in [2.24, 2.45) is 4.99 Å². The molecule has 0 unspecified atom stereocenters. The Hall–Kier alpha value is -2.38. The highest BCUT2D eigenvalue weighted by atomic mass is 35.5. The van der Waals surface area contributed by atoms with Gasteiger partial charge in [-0.1, -0.05) is 11.6 Å². The molecule has 8 heteroatoms. The summed E-state index contributed by atoms with van der Waals surface area (Å²) in [6.45, 7) is -0.106. The third kappa shape index (κ3) is 3.21. The van der Waals surface area contributed by atoms with E-state index in [1.807, 2.05) is 0 Å². The number of nitrogens with one attached hydrogen (secondary N) is 1. The Morgan fingerprint density at radius 1 is 1.29 bits per heavy atom. The summed E-state index contributed by atoms with van der Waals surface area (Å²) in [5, 5.41) is 19.3. The molecule has 0 aliphatic rings. The molecule has 1 aromatic carbocycles. The Balaban J connectivity index is 2.61. The fraction of sp³-hybridized carbons (Fsp3) is 0.154. The van der Waals surface area contributed by atoms with Gasteiger partial charge >= 0.3 is 5.69 Å². The van der Waals surface area contributed by atoms with Crippen LogP contribution < -0.4 is 11.2 Å². The predicted octanol–water partition coefficient (Wildman–Crippen LogP) is 0.296. The van der Waals surface area contributed by atoms with Crippen molar-refractivity contribution >= 4 is 17.8 Å². The van der Waals surface area contributed by atoms with Crippen LogP contribution in [0.25, 0.3) is 5.69 Å². The number of aliphatic imine (C=N–C) groups is 1. The fourth-order valence-corrected chi connectivity index (χ4v) is 1.82. The number of aliphatic hydroxyl groups excluding tert-OH is 1. The first-order chi connectivity index (χ1) is 10.0. The first-order valence-electron chi connectivity index (χ1n) is 5.99. The standard InChI is InChI=1S/C13H12ClN3O4/c14-8-1-3-9(4-2-8)17-12(20)10(7-15-5-6-18)11(19)16-13(17)21/h1-4,7,18,20H,5-6H2,(H,16,19,21). The van der Waals surface area contributed by atoms with Gasteiger partial charge in [-0.05, 0) is 24.3 Å². The van der Waals surface area contributed by atoms with Gasteiger partial charge < -0.3 is 10.2 Å². The lowest BCUT2D eigenvalue weighted by Crippen LogP contribution is -2.31. The van der Waals surface area contributed by atoms with E-state index in [4.69, 9.17) is 16.7 Å². The molecule has 0 saturated carbocycles. The van der Waals surface area contributed by atoms with Gasteiger partial charge in [-0.2, -0.15) is 0 Å². The summed E-state index contributed by atoms with van der Waals surface area (Å²) in [6, 6.07) is 6.15. The Bertz CT molecular complexity index is 777. The van der Waals surface area contributed by atoms with Crippen LogP contribution in [0.4, 0.5) is 0 Å². The van der Waals surface area contributed by atoms with Crippen molar-refractivity contribution in [3.8, 4) is 11.6 Å². The second kappa shape index (κ2) is 6.38. The molecule has 0 amide bonds. The van der Waals surface area contributed by atoms with Crippen molar-refractivity contribution in [1.29, 1.82) is 0 Å². The van der Waals surface area contributed by atoms with E-state index in [1.54, 1.807) is 12.1 Å². The van der Waals surface area contributed by atoms with Gasteiger partial charge in [-0.15, -0.1) is 0 Å². The van der Waals surface area contributed by atoms with E-state index in [2.05, 4.69) is 9.98 Å². The van der Waals surface area contributed by atoms with Crippen molar-refractivity contribution in [1.82, 2.24) is 9.55 Å². The summed E-state index contributed by atoms with van der Waals surface area (Å²) in [5.41, 5.74) is -1.36. The fourth-order valence-electron chi connectivity index (χ4n) is 1.70. The molecule has 0 atom stereocenters. The molecule has 2 rings (SSSR count). The molecule has 0 aliphatic heterocycles. The van der Waals surface area contributed by atoms with Crippen molar-refractivity contribution < 1.29 is 10.2 Å². The number of aromatic nitrogens is 2. The lowest BCUT2D eigenvalue weighted by Gasteiger charge is -2.09. The molecular weight excluding hydrogens is 298 g/mol. The van der Waals surface area contributed by atoms with Crippen molar-refractivity contribution in [3.05, 3.63) is 55.7 Å². The summed E-state index contributed by atoms with van der Waals surface area (Å²) in [6.07, 6.45) is 1.11. The molecule has 0 bridgehead atoms. The molecule has 2 aromatic rings. The van der Waals surface area contributed by atoms with Crippen LogP contribution in [-0.2, 0) is 0 Å². The molecule has 21 heavy (non-hydrogen) atoms. The maximum absolute atomic E-state index is 11.9. The second-order valence-corrected chi connectivity index (χ2v) is 4.50. The third-order valence-corrected chi connectivity index (χ3v) is 2.91. The number of aromatic amines is 1. The highest BCUT2D eigenvalue weighted by molar-refractivity contribution is 6.30. The highest BCUT2D eigenvalue weighted by Gasteiger charge is 2.13. The summed E-state index contributed by atoms with van der Waals surface area (Å²) in [5.74, 6) is -0.534. The lowest BCUT2D eigenvalue weighted by atomic mass is 10.3.